The lowest BCUT2D eigenvalue weighted by Gasteiger charge is -2.35. The Morgan fingerprint density at radius 1 is 0.974 bits per heavy atom. The maximum Gasteiger partial charge on any atom is 0.336 e. The zero-order valence-electron chi connectivity index (χ0n) is 22.7. The average Bonchev–Trinajstić information content (AvgIpc) is 3.38. The third-order valence-corrected chi connectivity index (χ3v) is 7.44. The highest BCUT2D eigenvalue weighted by Crippen LogP contribution is 2.46. The number of furan rings is 1. The second-order valence-corrected chi connectivity index (χ2v) is 9.95. The molecule has 2 atom stereocenters. The van der Waals surface area contributed by atoms with Gasteiger partial charge in [0, 0.05) is 29.8 Å². The maximum absolute atomic E-state index is 13.8. The van der Waals surface area contributed by atoms with Gasteiger partial charge in [0.1, 0.15) is 11.5 Å². The van der Waals surface area contributed by atoms with Crippen LogP contribution in [0.5, 0.6) is 11.5 Å². The van der Waals surface area contributed by atoms with Crippen LogP contribution in [0.25, 0.3) is 0 Å². The summed E-state index contributed by atoms with van der Waals surface area (Å²) in [5, 5.41) is 3.39. The number of carbonyl (C=O) groups excluding carboxylic acids is 2. The topological polar surface area (TPSA) is 87.0 Å². The van der Waals surface area contributed by atoms with Crippen LogP contribution in [0.3, 0.4) is 0 Å². The van der Waals surface area contributed by atoms with Crippen LogP contribution in [-0.2, 0) is 20.7 Å². The predicted octanol–water partition coefficient (Wildman–Crippen LogP) is 5.75. The van der Waals surface area contributed by atoms with Crippen LogP contribution in [0.15, 0.2) is 87.6 Å². The van der Waals surface area contributed by atoms with Gasteiger partial charge >= 0.3 is 5.97 Å². The normalized spacial score (nSPS) is 18.9. The highest BCUT2D eigenvalue weighted by Gasteiger charge is 2.43. The number of ether oxygens (including phenoxy) is 3. The van der Waals surface area contributed by atoms with Crippen LogP contribution in [-0.4, -0.2) is 32.6 Å². The largest absolute Gasteiger partial charge is 0.493 e. The van der Waals surface area contributed by atoms with Gasteiger partial charge in [0.15, 0.2) is 17.3 Å². The number of hydrogen-bond donors (Lipinski definition) is 1. The van der Waals surface area contributed by atoms with Crippen molar-refractivity contribution in [1.29, 1.82) is 0 Å². The molecule has 1 aliphatic heterocycles. The van der Waals surface area contributed by atoms with Gasteiger partial charge in [-0.1, -0.05) is 36.4 Å². The number of rotatable bonds is 8. The molecule has 39 heavy (non-hydrogen) atoms. The Hall–Kier alpha value is -4.26. The molecular weight excluding hydrogens is 494 g/mol. The van der Waals surface area contributed by atoms with E-state index in [1.165, 1.54) is 0 Å². The van der Waals surface area contributed by atoms with Gasteiger partial charge in [0.25, 0.3) is 0 Å². The number of esters is 1. The molecular formula is C32H33NO6. The quantitative estimate of drug-likeness (QED) is 0.373. The Labute approximate surface area is 228 Å². The highest BCUT2D eigenvalue weighted by atomic mass is 16.5. The molecule has 2 heterocycles. The minimum absolute atomic E-state index is 0.0235. The first-order valence-corrected chi connectivity index (χ1v) is 13.1. The van der Waals surface area contributed by atoms with E-state index in [1.54, 1.807) is 14.2 Å². The molecule has 0 radical (unpaired) electrons. The SMILES string of the molecule is COc1ccc([C@H]2CC(=O)C3=C(C2)NC(C)=C(C(=O)OCCc2ccccc2)[C@H]3c2ccc(C)o2)cc1OC. The van der Waals surface area contributed by atoms with Gasteiger partial charge < -0.3 is 23.9 Å². The molecule has 0 amide bonds. The number of aryl methyl sites for hydroxylation is 1. The molecule has 3 aromatic rings. The first kappa shape index (κ1) is 26.4. The Kier molecular flexibility index (Phi) is 7.59. The number of allylic oxidation sites excluding steroid dienone is 3. The summed E-state index contributed by atoms with van der Waals surface area (Å²) in [5.41, 5.74) is 4.54. The zero-order valence-corrected chi connectivity index (χ0v) is 22.7. The van der Waals surface area contributed by atoms with Crippen molar-refractivity contribution >= 4 is 11.8 Å². The zero-order chi connectivity index (χ0) is 27.5. The van der Waals surface area contributed by atoms with Crippen LogP contribution in [0.2, 0.25) is 0 Å². The number of benzene rings is 2. The molecule has 0 saturated carbocycles. The van der Waals surface area contributed by atoms with E-state index < -0.39 is 11.9 Å². The van der Waals surface area contributed by atoms with Gasteiger partial charge in [0.2, 0.25) is 0 Å². The molecule has 2 aromatic carbocycles. The lowest BCUT2D eigenvalue weighted by Crippen LogP contribution is -2.36. The minimum atomic E-state index is -0.627. The van der Waals surface area contributed by atoms with Crippen LogP contribution in [0.4, 0.5) is 0 Å². The molecule has 7 heteroatoms. The van der Waals surface area contributed by atoms with Gasteiger partial charge in [-0.3, -0.25) is 4.79 Å². The summed E-state index contributed by atoms with van der Waals surface area (Å²) in [6.45, 7) is 3.94. The second-order valence-electron chi connectivity index (χ2n) is 9.95. The van der Waals surface area contributed by atoms with Crippen molar-refractivity contribution in [2.75, 3.05) is 20.8 Å². The van der Waals surface area contributed by atoms with E-state index >= 15 is 0 Å². The molecule has 2 aliphatic rings. The van der Waals surface area contributed by atoms with Crippen LogP contribution < -0.4 is 14.8 Å². The molecule has 5 rings (SSSR count). The van der Waals surface area contributed by atoms with Crippen molar-refractivity contribution in [3.8, 4) is 11.5 Å². The summed E-state index contributed by atoms with van der Waals surface area (Å²) in [6, 6.07) is 19.3. The standard InChI is InChI=1S/C32H33NO6/c1-19-10-12-27(39-19)31-29(32(35)38-15-14-21-8-6-5-7-9-21)20(2)33-24-16-23(17-25(34)30(24)31)22-11-13-26(36-3)28(18-22)37-4/h5-13,18,23,31,33H,14-17H2,1-4H3/t23-,31-/m1/s1. The van der Waals surface area contributed by atoms with Gasteiger partial charge in [0.05, 0.1) is 32.3 Å². The number of Topliss-reactive ketones (excluding diaryl/α,β-unsaturated/α-hetero) is 1. The van der Waals surface area contributed by atoms with Gasteiger partial charge in [-0.25, -0.2) is 4.79 Å². The third kappa shape index (κ3) is 5.35. The van der Waals surface area contributed by atoms with Crippen molar-refractivity contribution < 1.29 is 28.2 Å². The fourth-order valence-corrected chi connectivity index (χ4v) is 5.53. The molecule has 0 unspecified atom stereocenters. The molecule has 1 N–H and O–H groups in total. The lowest BCUT2D eigenvalue weighted by molar-refractivity contribution is -0.139. The second kappa shape index (κ2) is 11.2. The molecule has 0 fully saturated rings. The number of hydrogen-bond acceptors (Lipinski definition) is 7. The van der Waals surface area contributed by atoms with E-state index in [1.807, 2.05) is 74.5 Å². The van der Waals surface area contributed by atoms with Crippen molar-refractivity contribution in [3.63, 3.8) is 0 Å². The first-order chi connectivity index (χ1) is 18.9. The smallest absolute Gasteiger partial charge is 0.336 e. The summed E-state index contributed by atoms with van der Waals surface area (Å²) in [5.74, 6) is 1.40. The number of methoxy groups -OCH3 is 2. The van der Waals surface area contributed by atoms with E-state index in [9.17, 15) is 9.59 Å². The van der Waals surface area contributed by atoms with Crippen molar-refractivity contribution in [2.24, 2.45) is 0 Å². The Balaban J connectivity index is 1.44. The summed E-state index contributed by atoms with van der Waals surface area (Å²) < 4.78 is 22.6. The fraction of sp³-hybridized carbons (Fsp3) is 0.312. The molecule has 1 aromatic heterocycles. The molecule has 1 aliphatic carbocycles. The number of ketones is 1. The van der Waals surface area contributed by atoms with Gasteiger partial charge in [-0.05, 0) is 61.6 Å². The number of carbonyl (C=O) groups is 2. The lowest BCUT2D eigenvalue weighted by atomic mass is 9.73. The van der Waals surface area contributed by atoms with Crippen LogP contribution in [0, 0.1) is 6.92 Å². The monoisotopic (exact) mass is 527 g/mol. The maximum atomic E-state index is 13.8. The fourth-order valence-electron chi connectivity index (χ4n) is 5.53. The Morgan fingerprint density at radius 2 is 1.74 bits per heavy atom. The number of nitrogens with one attached hydrogen (secondary N) is 1. The third-order valence-electron chi connectivity index (χ3n) is 7.44. The predicted molar refractivity (Wildman–Crippen MR) is 147 cm³/mol. The molecule has 202 valence electrons. The Morgan fingerprint density at radius 3 is 2.44 bits per heavy atom. The van der Waals surface area contributed by atoms with Crippen LogP contribution >= 0.6 is 0 Å². The highest BCUT2D eigenvalue weighted by molar-refractivity contribution is 6.04. The summed E-state index contributed by atoms with van der Waals surface area (Å²) in [4.78, 5) is 27.2. The summed E-state index contributed by atoms with van der Waals surface area (Å²) >= 11 is 0. The number of dihydropyridines is 1. The molecule has 7 nitrogen and oxygen atoms in total. The summed E-state index contributed by atoms with van der Waals surface area (Å²) in [7, 11) is 3.20. The van der Waals surface area contributed by atoms with E-state index in [0.717, 1.165) is 16.8 Å². The average molecular weight is 528 g/mol. The Bertz CT molecular complexity index is 1450. The molecule has 0 saturated heterocycles. The van der Waals surface area contributed by atoms with Crippen LogP contribution in [0.1, 0.15) is 54.2 Å². The van der Waals surface area contributed by atoms with E-state index in [-0.39, 0.29) is 18.3 Å². The molecule has 0 bridgehead atoms. The minimum Gasteiger partial charge on any atom is -0.493 e. The molecule has 0 spiro atoms. The van der Waals surface area contributed by atoms with Crippen molar-refractivity contribution in [2.45, 2.75) is 44.9 Å². The summed E-state index contributed by atoms with van der Waals surface area (Å²) in [6.07, 6.45) is 1.53. The van der Waals surface area contributed by atoms with Crippen molar-refractivity contribution in [3.05, 3.63) is 106 Å². The van der Waals surface area contributed by atoms with Gasteiger partial charge in [-0.15, -0.1) is 0 Å². The van der Waals surface area contributed by atoms with E-state index in [4.69, 9.17) is 18.6 Å². The van der Waals surface area contributed by atoms with E-state index in [2.05, 4.69) is 5.32 Å². The first-order valence-electron chi connectivity index (χ1n) is 13.1. The van der Waals surface area contributed by atoms with Gasteiger partial charge in [-0.2, -0.15) is 0 Å². The van der Waals surface area contributed by atoms with Crippen molar-refractivity contribution in [1.82, 2.24) is 5.32 Å². The van der Waals surface area contributed by atoms with E-state index in [0.29, 0.717) is 59.1 Å².